The van der Waals surface area contributed by atoms with Crippen molar-refractivity contribution in [3.05, 3.63) is 75.4 Å². The van der Waals surface area contributed by atoms with Crippen LogP contribution < -0.4 is 4.90 Å². The SMILES string of the molecule is CN(C(=O)c1sccc1Br)c1ccccc1-c1ccccc1. The minimum Gasteiger partial charge on any atom is -0.310 e. The van der Waals surface area contributed by atoms with Crippen LogP contribution in [0, 0.1) is 0 Å². The summed E-state index contributed by atoms with van der Waals surface area (Å²) in [5, 5.41) is 1.91. The molecule has 0 atom stereocenters. The number of halogens is 1. The molecule has 0 saturated heterocycles. The van der Waals surface area contributed by atoms with Crippen LogP contribution in [0.25, 0.3) is 11.1 Å². The van der Waals surface area contributed by atoms with E-state index in [0.29, 0.717) is 4.88 Å². The maximum absolute atomic E-state index is 12.7. The fourth-order valence-electron chi connectivity index (χ4n) is 2.34. The first-order valence-corrected chi connectivity index (χ1v) is 8.51. The van der Waals surface area contributed by atoms with E-state index in [9.17, 15) is 4.79 Å². The van der Waals surface area contributed by atoms with E-state index in [1.807, 2.05) is 61.0 Å². The Hall–Kier alpha value is -1.91. The number of nitrogens with zero attached hydrogens (tertiary/aromatic N) is 1. The number of rotatable bonds is 3. The van der Waals surface area contributed by atoms with Gasteiger partial charge in [-0.25, -0.2) is 0 Å². The van der Waals surface area contributed by atoms with Crippen LogP contribution in [-0.4, -0.2) is 13.0 Å². The largest absolute Gasteiger partial charge is 0.310 e. The lowest BCUT2D eigenvalue weighted by molar-refractivity contribution is 0.0996. The molecule has 110 valence electrons. The number of thiophene rings is 1. The van der Waals surface area contributed by atoms with Crippen LogP contribution in [0.5, 0.6) is 0 Å². The minimum atomic E-state index is -0.00902. The molecule has 0 spiro atoms. The molecule has 0 bridgehead atoms. The van der Waals surface area contributed by atoms with Crippen molar-refractivity contribution < 1.29 is 4.79 Å². The molecule has 2 aromatic carbocycles. The van der Waals surface area contributed by atoms with Gasteiger partial charge in [0.1, 0.15) is 4.88 Å². The Bertz CT molecular complexity index is 798. The first kappa shape index (κ1) is 15.0. The highest BCUT2D eigenvalue weighted by Gasteiger charge is 2.19. The van der Waals surface area contributed by atoms with Gasteiger partial charge >= 0.3 is 0 Å². The average Bonchev–Trinajstić information content (AvgIpc) is 3.00. The predicted octanol–water partition coefficient (Wildman–Crippen LogP) is 5.45. The highest BCUT2D eigenvalue weighted by atomic mass is 79.9. The molecule has 4 heteroatoms. The number of anilines is 1. The molecule has 0 saturated carbocycles. The zero-order valence-electron chi connectivity index (χ0n) is 12.0. The Morgan fingerprint density at radius 2 is 1.68 bits per heavy atom. The molecule has 1 amide bonds. The Balaban J connectivity index is 2.02. The molecule has 22 heavy (non-hydrogen) atoms. The van der Waals surface area contributed by atoms with E-state index in [2.05, 4.69) is 28.1 Å². The monoisotopic (exact) mass is 371 g/mol. The van der Waals surface area contributed by atoms with Gasteiger partial charge in [0, 0.05) is 17.1 Å². The predicted molar refractivity (Wildman–Crippen MR) is 96.6 cm³/mol. The van der Waals surface area contributed by atoms with Gasteiger partial charge in [0.15, 0.2) is 0 Å². The summed E-state index contributed by atoms with van der Waals surface area (Å²) in [7, 11) is 1.82. The van der Waals surface area contributed by atoms with E-state index in [-0.39, 0.29) is 5.91 Å². The average molecular weight is 372 g/mol. The van der Waals surface area contributed by atoms with Crippen LogP contribution in [0.15, 0.2) is 70.5 Å². The highest BCUT2D eigenvalue weighted by molar-refractivity contribution is 9.10. The summed E-state index contributed by atoms with van der Waals surface area (Å²) in [6, 6.07) is 20.0. The topological polar surface area (TPSA) is 20.3 Å². The van der Waals surface area contributed by atoms with E-state index in [0.717, 1.165) is 21.3 Å². The lowest BCUT2D eigenvalue weighted by Crippen LogP contribution is -2.26. The quantitative estimate of drug-likeness (QED) is 0.598. The van der Waals surface area contributed by atoms with Crippen LogP contribution in [0.4, 0.5) is 5.69 Å². The van der Waals surface area contributed by atoms with E-state index in [4.69, 9.17) is 0 Å². The molecule has 1 aromatic heterocycles. The van der Waals surface area contributed by atoms with Gasteiger partial charge in [-0.05, 0) is 39.0 Å². The van der Waals surface area contributed by atoms with Gasteiger partial charge in [-0.1, -0.05) is 48.5 Å². The van der Waals surface area contributed by atoms with Gasteiger partial charge in [-0.2, -0.15) is 0 Å². The zero-order chi connectivity index (χ0) is 15.5. The van der Waals surface area contributed by atoms with Crippen LogP contribution in [0.1, 0.15) is 9.67 Å². The summed E-state index contributed by atoms with van der Waals surface area (Å²) in [5.74, 6) is -0.00902. The number of benzene rings is 2. The molecule has 1 heterocycles. The number of hydrogen-bond acceptors (Lipinski definition) is 2. The summed E-state index contributed by atoms with van der Waals surface area (Å²) >= 11 is 4.88. The molecule has 3 rings (SSSR count). The van der Waals surface area contributed by atoms with Crippen LogP contribution in [0.2, 0.25) is 0 Å². The van der Waals surface area contributed by atoms with E-state index >= 15 is 0 Å². The summed E-state index contributed by atoms with van der Waals surface area (Å²) in [4.78, 5) is 15.1. The second-order valence-corrected chi connectivity index (χ2v) is 6.62. The summed E-state index contributed by atoms with van der Waals surface area (Å²) in [5.41, 5.74) is 3.05. The van der Waals surface area contributed by atoms with E-state index in [1.54, 1.807) is 4.90 Å². The van der Waals surface area contributed by atoms with Crippen molar-refractivity contribution in [2.24, 2.45) is 0 Å². The zero-order valence-corrected chi connectivity index (χ0v) is 14.4. The third-order valence-electron chi connectivity index (χ3n) is 3.47. The fraction of sp³-hybridized carbons (Fsp3) is 0.0556. The standard InChI is InChI=1S/C18H14BrNOS/c1-20(18(21)17-15(19)11-12-22-17)16-10-6-5-9-14(16)13-7-3-2-4-8-13/h2-12H,1H3. The second kappa shape index (κ2) is 6.46. The van der Waals surface area contributed by atoms with Gasteiger partial charge in [0.05, 0.1) is 5.69 Å². The van der Waals surface area contributed by atoms with Gasteiger partial charge in [0.2, 0.25) is 0 Å². The van der Waals surface area contributed by atoms with E-state index in [1.165, 1.54) is 11.3 Å². The van der Waals surface area contributed by atoms with Crippen LogP contribution >= 0.6 is 27.3 Å². The second-order valence-electron chi connectivity index (χ2n) is 4.85. The van der Waals surface area contributed by atoms with Crippen molar-refractivity contribution >= 4 is 38.9 Å². The number of carbonyl (C=O) groups is 1. The summed E-state index contributed by atoms with van der Waals surface area (Å²) in [6.07, 6.45) is 0. The van der Waals surface area contributed by atoms with Gasteiger partial charge < -0.3 is 4.90 Å². The molecule has 0 radical (unpaired) electrons. The maximum atomic E-state index is 12.7. The fourth-order valence-corrected chi connectivity index (χ4v) is 3.85. The molecule has 2 nitrogen and oxygen atoms in total. The van der Waals surface area contributed by atoms with Crippen molar-refractivity contribution in [1.82, 2.24) is 0 Å². The highest BCUT2D eigenvalue weighted by Crippen LogP contribution is 2.32. The smallest absolute Gasteiger partial charge is 0.269 e. The van der Waals surface area contributed by atoms with Gasteiger partial charge in [0.25, 0.3) is 5.91 Å². The van der Waals surface area contributed by atoms with Crippen molar-refractivity contribution in [3.63, 3.8) is 0 Å². The minimum absolute atomic E-state index is 0.00902. The molecule has 0 aliphatic heterocycles. The molecule has 0 fully saturated rings. The number of para-hydroxylation sites is 1. The lowest BCUT2D eigenvalue weighted by atomic mass is 10.0. The Morgan fingerprint density at radius 1 is 1.00 bits per heavy atom. The number of amides is 1. The first-order valence-electron chi connectivity index (χ1n) is 6.84. The normalized spacial score (nSPS) is 10.5. The summed E-state index contributed by atoms with van der Waals surface area (Å²) in [6.45, 7) is 0. The van der Waals surface area contributed by atoms with Gasteiger partial charge in [-0.3, -0.25) is 4.79 Å². The summed E-state index contributed by atoms with van der Waals surface area (Å²) < 4.78 is 0.839. The molecule has 3 aromatic rings. The molecule has 0 aliphatic carbocycles. The Labute approximate surface area is 142 Å². The molecule has 0 N–H and O–H groups in total. The maximum Gasteiger partial charge on any atom is 0.269 e. The Morgan fingerprint density at radius 3 is 2.36 bits per heavy atom. The first-order chi connectivity index (χ1) is 10.7. The molecular formula is C18H14BrNOS. The van der Waals surface area contributed by atoms with Crippen molar-refractivity contribution in [1.29, 1.82) is 0 Å². The van der Waals surface area contributed by atoms with Crippen LogP contribution in [-0.2, 0) is 0 Å². The molecular weight excluding hydrogens is 358 g/mol. The van der Waals surface area contributed by atoms with Crippen molar-refractivity contribution in [2.45, 2.75) is 0 Å². The molecule has 0 unspecified atom stereocenters. The number of carbonyl (C=O) groups excluding carboxylic acids is 1. The van der Waals surface area contributed by atoms with Crippen molar-refractivity contribution in [3.8, 4) is 11.1 Å². The van der Waals surface area contributed by atoms with E-state index < -0.39 is 0 Å². The Kier molecular flexibility index (Phi) is 4.41. The molecule has 0 aliphatic rings. The third kappa shape index (κ3) is 2.85. The lowest BCUT2D eigenvalue weighted by Gasteiger charge is -2.20. The van der Waals surface area contributed by atoms with Crippen molar-refractivity contribution in [2.75, 3.05) is 11.9 Å². The van der Waals surface area contributed by atoms with Crippen LogP contribution in [0.3, 0.4) is 0 Å². The third-order valence-corrected chi connectivity index (χ3v) is 5.29. The number of hydrogen-bond donors (Lipinski definition) is 0. The van der Waals surface area contributed by atoms with Gasteiger partial charge in [-0.15, -0.1) is 11.3 Å².